The van der Waals surface area contributed by atoms with Crippen molar-refractivity contribution in [2.45, 2.75) is 19.9 Å². The van der Waals surface area contributed by atoms with Crippen molar-refractivity contribution in [2.75, 3.05) is 13.7 Å². The zero-order valence-corrected chi connectivity index (χ0v) is 11.1. The van der Waals surface area contributed by atoms with Gasteiger partial charge < -0.3 is 19.9 Å². The Morgan fingerprint density at radius 1 is 1.37 bits per heavy atom. The molecule has 1 amide bonds. The van der Waals surface area contributed by atoms with E-state index >= 15 is 0 Å². The minimum absolute atomic E-state index is 0.000327. The van der Waals surface area contributed by atoms with Gasteiger partial charge in [0.2, 0.25) is 0 Å². The van der Waals surface area contributed by atoms with Crippen molar-refractivity contribution in [3.63, 3.8) is 0 Å². The zero-order valence-electron chi connectivity index (χ0n) is 11.1. The Labute approximate surface area is 111 Å². The second kappa shape index (κ2) is 6.63. The highest BCUT2D eigenvalue weighted by molar-refractivity contribution is 5.91. The molecule has 0 saturated heterocycles. The lowest BCUT2D eigenvalue weighted by Crippen LogP contribution is -2.34. The van der Waals surface area contributed by atoms with Gasteiger partial charge in [0.25, 0.3) is 5.91 Å². The SMILES string of the molecule is COc1ccc(C(=O)O)c(OCC(=O)NC(C)C)c1. The fourth-order valence-electron chi connectivity index (χ4n) is 1.43. The second-order valence-corrected chi connectivity index (χ2v) is 4.18. The third-order valence-electron chi connectivity index (χ3n) is 2.23. The van der Waals surface area contributed by atoms with Gasteiger partial charge in [-0.2, -0.15) is 0 Å². The van der Waals surface area contributed by atoms with Crippen molar-refractivity contribution in [2.24, 2.45) is 0 Å². The van der Waals surface area contributed by atoms with E-state index < -0.39 is 5.97 Å². The van der Waals surface area contributed by atoms with Crippen LogP contribution in [0.5, 0.6) is 11.5 Å². The molecule has 0 fully saturated rings. The maximum atomic E-state index is 11.4. The number of amides is 1. The lowest BCUT2D eigenvalue weighted by Gasteiger charge is -2.12. The van der Waals surface area contributed by atoms with E-state index in [4.69, 9.17) is 14.6 Å². The number of carbonyl (C=O) groups excluding carboxylic acids is 1. The van der Waals surface area contributed by atoms with Gasteiger partial charge in [0.1, 0.15) is 17.1 Å². The molecule has 104 valence electrons. The third kappa shape index (κ3) is 4.50. The molecule has 0 spiro atoms. The van der Waals surface area contributed by atoms with Crippen LogP contribution in [-0.4, -0.2) is 36.7 Å². The summed E-state index contributed by atoms with van der Waals surface area (Å²) in [6, 6.07) is 4.33. The molecule has 6 heteroatoms. The van der Waals surface area contributed by atoms with E-state index in [1.807, 2.05) is 13.8 Å². The first kappa shape index (κ1) is 14.8. The van der Waals surface area contributed by atoms with Crippen molar-refractivity contribution in [3.8, 4) is 11.5 Å². The van der Waals surface area contributed by atoms with Crippen LogP contribution in [0.25, 0.3) is 0 Å². The van der Waals surface area contributed by atoms with Crippen molar-refractivity contribution in [1.82, 2.24) is 5.32 Å². The number of aromatic carboxylic acids is 1. The number of carboxylic acid groups (broad SMARTS) is 1. The lowest BCUT2D eigenvalue weighted by atomic mass is 10.2. The van der Waals surface area contributed by atoms with E-state index in [-0.39, 0.29) is 29.9 Å². The molecule has 1 aromatic rings. The Balaban J connectivity index is 2.80. The maximum Gasteiger partial charge on any atom is 0.339 e. The summed E-state index contributed by atoms with van der Waals surface area (Å²) < 4.78 is 10.2. The van der Waals surface area contributed by atoms with Gasteiger partial charge in [-0.05, 0) is 26.0 Å². The Morgan fingerprint density at radius 2 is 2.05 bits per heavy atom. The second-order valence-electron chi connectivity index (χ2n) is 4.18. The van der Waals surface area contributed by atoms with Gasteiger partial charge in [-0.1, -0.05) is 0 Å². The van der Waals surface area contributed by atoms with Gasteiger partial charge in [-0.25, -0.2) is 4.79 Å². The summed E-state index contributed by atoms with van der Waals surface area (Å²) in [5.41, 5.74) is -0.0156. The molecule has 0 aliphatic rings. The van der Waals surface area contributed by atoms with E-state index in [9.17, 15) is 9.59 Å². The van der Waals surface area contributed by atoms with Crippen molar-refractivity contribution in [1.29, 1.82) is 0 Å². The molecule has 0 atom stereocenters. The Bertz CT molecular complexity index is 470. The van der Waals surface area contributed by atoms with Crippen LogP contribution in [-0.2, 0) is 4.79 Å². The summed E-state index contributed by atoms with van der Waals surface area (Å²) >= 11 is 0. The molecule has 0 saturated carbocycles. The van der Waals surface area contributed by atoms with Gasteiger partial charge in [-0.15, -0.1) is 0 Å². The van der Waals surface area contributed by atoms with Crippen LogP contribution in [0.3, 0.4) is 0 Å². The number of methoxy groups -OCH3 is 1. The Kier molecular flexibility index (Phi) is 5.17. The smallest absolute Gasteiger partial charge is 0.339 e. The summed E-state index contributed by atoms with van der Waals surface area (Å²) in [6.07, 6.45) is 0. The molecule has 0 aromatic heterocycles. The first-order chi connectivity index (χ1) is 8.93. The van der Waals surface area contributed by atoms with Crippen molar-refractivity contribution >= 4 is 11.9 Å². The highest BCUT2D eigenvalue weighted by Gasteiger charge is 2.14. The standard InChI is InChI=1S/C13H17NO5/c1-8(2)14-12(15)7-19-11-6-9(18-3)4-5-10(11)13(16)17/h4-6,8H,7H2,1-3H3,(H,14,15)(H,16,17). The molecule has 19 heavy (non-hydrogen) atoms. The van der Waals surface area contributed by atoms with Crippen LogP contribution in [0.1, 0.15) is 24.2 Å². The van der Waals surface area contributed by atoms with Gasteiger partial charge in [0.15, 0.2) is 6.61 Å². The maximum absolute atomic E-state index is 11.4. The normalized spacial score (nSPS) is 10.1. The predicted octanol–water partition coefficient (Wildman–Crippen LogP) is 1.30. The van der Waals surface area contributed by atoms with E-state index in [1.165, 1.54) is 25.3 Å². The largest absolute Gasteiger partial charge is 0.497 e. The van der Waals surface area contributed by atoms with Crippen LogP contribution in [0, 0.1) is 0 Å². The quantitative estimate of drug-likeness (QED) is 0.811. The number of benzene rings is 1. The fraction of sp³-hybridized carbons (Fsp3) is 0.385. The van der Waals surface area contributed by atoms with E-state index in [1.54, 1.807) is 0 Å². The fourth-order valence-corrected chi connectivity index (χ4v) is 1.43. The Morgan fingerprint density at radius 3 is 2.58 bits per heavy atom. The molecule has 0 radical (unpaired) electrons. The van der Waals surface area contributed by atoms with Gasteiger partial charge in [0, 0.05) is 12.1 Å². The molecule has 0 bridgehead atoms. The Hall–Kier alpha value is -2.24. The number of hydrogen-bond donors (Lipinski definition) is 2. The van der Waals surface area contributed by atoms with Gasteiger partial charge in [-0.3, -0.25) is 4.79 Å². The van der Waals surface area contributed by atoms with E-state index in [0.29, 0.717) is 5.75 Å². The minimum Gasteiger partial charge on any atom is -0.497 e. The summed E-state index contributed by atoms with van der Waals surface area (Å²) in [5.74, 6) is -0.869. The van der Waals surface area contributed by atoms with Gasteiger partial charge in [0.05, 0.1) is 7.11 Å². The molecule has 0 unspecified atom stereocenters. The number of hydrogen-bond acceptors (Lipinski definition) is 4. The van der Waals surface area contributed by atoms with E-state index in [2.05, 4.69) is 5.32 Å². The number of nitrogens with one attached hydrogen (secondary N) is 1. The summed E-state index contributed by atoms with van der Waals surface area (Å²) in [5, 5.41) is 11.7. The van der Waals surface area contributed by atoms with Crippen LogP contribution >= 0.6 is 0 Å². The minimum atomic E-state index is -1.12. The average Bonchev–Trinajstić information content (AvgIpc) is 2.34. The molecule has 6 nitrogen and oxygen atoms in total. The van der Waals surface area contributed by atoms with Crippen molar-refractivity contribution in [3.05, 3.63) is 23.8 Å². The number of carbonyl (C=O) groups is 2. The van der Waals surface area contributed by atoms with Crippen LogP contribution < -0.4 is 14.8 Å². The lowest BCUT2D eigenvalue weighted by molar-refractivity contribution is -0.123. The molecule has 1 rings (SSSR count). The molecular weight excluding hydrogens is 250 g/mol. The third-order valence-corrected chi connectivity index (χ3v) is 2.23. The molecular formula is C13H17NO5. The highest BCUT2D eigenvalue weighted by Crippen LogP contribution is 2.24. The number of rotatable bonds is 6. The zero-order chi connectivity index (χ0) is 14.4. The van der Waals surface area contributed by atoms with Crippen LogP contribution in [0.4, 0.5) is 0 Å². The van der Waals surface area contributed by atoms with Crippen molar-refractivity contribution < 1.29 is 24.2 Å². The monoisotopic (exact) mass is 267 g/mol. The first-order valence-electron chi connectivity index (χ1n) is 5.77. The number of carboxylic acids is 1. The van der Waals surface area contributed by atoms with Crippen LogP contribution in [0.2, 0.25) is 0 Å². The van der Waals surface area contributed by atoms with Crippen LogP contribution in [0.15, 0.2) is 18.2 Å². The average molecular weight is 267 g/mol. The summed E-state index contributed by atoms with van der Waals surface area (Å²) in [7, 11) is 1.46. The topological polar surface area (TPSA) is 84.9 Å². The summed E-state index contributed by atoms with van der Waals surface area (Å²) in [4.78, 5) is 22.5. The molecule has 0 heterocycles. The molecule has 2 N–H and O–H groups in total. The van der Waals surface area contributed by atoms with Gasteiger partial charge >= 0.3 is 5.97 Å². The highest BCUT2D eigenvalue weighted by atomic mass is 16.5. The predicted molar refractivity (Wildman–Crippen MR) is 68.7 cm³/mol. The molecule has 0 aliphatic heterocycles. The summed E-state index contributed by atoms with van der Waals surface area (Å²) in [6.45, 7) is 3.41. The molecule has 0 aliphatic carbocycles. The first-order valence-corrected chi connectivity index (χ1v) is 5.77. The molecule has 1 aromatic carbocycles. The van der Waals surface area contributed by atoms with E-state index in [0.717, 1.165) is 0 Å². The number of ether oxygens (including phenoxy) is 2.